The van der Waals surface area contributed by atoms with E-state index in [2.05, 4.69) is 5.32 Å². The molecule has 1 rings (SSSR count). The van der Waals surface area contributed by atoms with Gasteiger partial charge in [0.05, 0.1) is 157 Å². The summed E-state index contributed by atoms with van der Waals surface area (Å²) in [6, 6.07) is 0. The number of amides is 3. The average molecular weight is 773 g/mol. The number of ether oxygens (including phenoxy) is 12. The molecule has 3 amide bonds. The number of carbonyl (C=O) groups excluding carboxylic acids is 3. The molecule has 0 aromatic carbocycles. The van der Waals surface area contributed by atoms with Gasteiger partial charge in [-0.25, -0.2) is 0 Å². The summed E-state index contributed by atoms with van der Waals surface area (Å²) < 4.78 is 64.7. The van der Waals surface area contributed by atoms with Crippen molar-refractivity contribution < 1.29 is 71.2 Å². The van der Waals surface area contributed by atoms with E-state index in [1.807, 2.05) is 6.92 Å². The van der Waals surface area contributed by atoms with E-state index in [1.165, 1.54) is 16.7 Å². The molecular weight excluding hydrogens is 708 g/mol. The van der Waals surface area contributed by atoms with Gasteiger partial charge in [0, 0.05) is 33.0 Å². The highest BCUT2D eigenvalue weighted by atomic mass is 32.2. The van der Waals surface area contributed by atoms with Gasteiger partial charge >= 0.3 is 0 Å². The van der Waals surface area contributed by atoms with Crippen LogP contribution in [0.5, 0.6) is 0 Å². The first-order valence-electron chi connectivity index (χ1n) is 18.2. The number of rotatable bonds is 41. The lowest BCUT2D eigenvalue weighted by molar-refractivity contribution is -0.138. The van der Waals surface area contributed by atoms with Crippen LogP contribution in [0.15, 0.2) is 0 Å². The van der Waals surface area contributed by atoms with Gasteiger partial charge in [-0.15, -0.1) is 11.8 Å². The van der Waals surface area contributed by atoms with E-state index in [0.29, 0.717) is 159 Å². The van der Waals surface area contributed by atoms with Crippen LogP contribution in [-0.4, -0.2) is 206 Å². The minimum Gasteiger partial charge on any atom is -0.382 e. The van der Waals surface area contributed by atoms with E-state index < -0.39 is 0 Å². The monoisotopic (exact) mass is 772 g/mol. The van der Waals surface area contributed by atoms with E-state index in [4.69, 9.17) is 56.8 Å². The lowest BCUT2D eigenvalue weighted by Crippen LogP contribution is -2.36. The van der Waals surface area contributed by atoms with Crippen molar-refractivity contribution >= 4 is 29.5 Å². The maximum Gasteiger partial charge on any atom is 0.242 e. The van der Waals surface area contributed by atoms with E-state index in [1.54, 1.807) is 7.11 Å². The van der Waals surface area contributed by atoms with Crippen LogP contribution in [0.25, 0.3) is 0 Å². The minimum absolute atomic E-state index is 0.0821. The van der Waals surface area contributed by atoms with Crippen molar-refractivity contribution in [1.82, 2.24) is 10.2 Å². The molecule has 0 aromatic rings. The third-order valence-electron chi connectivity index (χ3n) is 6.85. The summed E-state index contributed by atoms with van der Waals surface area (Å²) in [6.45, 7) is 13.6. The number of thioether (sulfide) groups is 1. The summed E-state index contributed by atoms with van der Waals surface area (Å²) in [6.07, 6.45) is 0.296. The Kier molecular flexibility index (Phi) is 35.2. The average Bonchev–Trinajstić information content (AvgIpc) is 3.41. The lowest BCUT2D eigenvalue weighted by atomic mass is 10.3. The predicted octanol–water partition coefficient (Wildman–Crippen LogP) is 0.202. The third kappa shape index (κ3) is 29.9. The zero-order valence-corrected chi connectivity index (χ0v) is 32.2. The standard InChI is InChI=1S/C34H64N2O15S/c1-3-52-31-30-33(38)36(34(31)39)6-4-32(37)35-5-7-41-10-11-43-14-15-45-18-19-47-22-23-49-26-27-51-29-28-50-25-24-48-21-20-46-17-16-44-13-12-42-9-8-40-2/h31H,3-30H2,1-2H3,(H,35,37). The first kappa shape index (κ1) is 48.5. The molecule has 1 aliphatic rings. The molecule has 1 N–H and O–H groups in total. The quantitative estimate of drug-likeness (QED) is 0.0658. The maximum absolute atomic E-state index is 12.2. The molecule has 1 heterocycles. The molecule has 1 aliphatic heterocycles. The minimum atomic E-state index is -0.319. The molecule has 52 heavy (non-hydrogen) atoms. The summed E-state index contributed by atoms with van der Waals surface area (Å²) in [5.41, 5.74) is 0. The zero-order valence-electron chi connectivity index (χ0n) is 31.4. The topological polar surface area (TPSA) is 177 Å². The zero-order chi connectivity index (χ0) is 37.6. The van der Waals surface area contributed by atoms with E-state index in [0.717, 1.165) is 5.75 Å². The van der Waals surface area contributed by atoms with Crippen molar-refractivity contribution in [2.24, 2.45) is 0 Å². The second-order valence-electron chi connectivity index (χ2n) is 10.9. The summed E-state index contributed by atoms with van der Waals surface area (Å²) in [5, 5.41) is 2.41. The van der Waals surface area contributed by atoms with Gasteiger partial charge in [0.1, 0.15) is 0 Å². The first-order chi connectivity index (χ1) is 25.6. The van der Waals surface area contributed by atoms with Crippen molar-refractivity contribution in [2.45, 2.75) is 25.0 Å². The lowest BCUT2D eigenvalue weighted by Gasteiger charge is -2.14. The van der Waals surface area contributed by atoms with Gasteiger partial charge in [-0.05, 0) is 5.75 Å². The Labute approximate surface area is 313 Å². The Morgan fingerprint density at radius 2 is 0.904 bits per heavy atom. The molecule has 0 saturated carbocycles. The number of hydrogen-bond acceptors (Lipinski definition) is 16. The summed E-state index contributed by atoms with van der Waals surface area (Å²) in [4.78, 5) is 37.4. The maximum atomic E-state index is 12.2. The van der Waals surface area contributed by atoms with Crippen LogP contribution in [0.4, 0.5) is 0 Å². The second kappa shape index (κ2) is 37.8. The molecule has 306 valence electrons. The van der Waals surface area contributed by atoms with Crippen molar-refractivity contribution in [3.8, 4) is 0 Å². The highest BCUT2D eigenvalue weighted by molar-refractivity contribution is 8.00. The molecule has 1 saturated heterocycles. The van der Waals surface area contributed by atoms with Crippen LogP contribution in [0, 0.1) is 0 Å². The van der Waals surface area contributed by atoms with Gasteiger partial charge in [0.25, 0.3) is 0 Å². The largest absolute Gasteiger partial charge is 0.382 e. The number of methoxy groups -OCH3 is 1. The summed E-state index contributed by atoms with van der Waals surface area (Å²) in [5.74, 6) is 0.136. The Morgan fingerprint density at radius 3 is 1.23 bits per heavy atom. The Hall–Kier alpha value is -1.52. The predicted molar refractivity (Wildman–Crippen MR) is 192 cm³/mol. The van der Waals surface area contributed by atoms with Crippen LogP contribution in [-0.2, 0) is 71.2 Å². The van der Waals surface area contributed by atoms with Crippen LogP contribution >= 0.6 is 11.8 Å². The number of likely N-dealkylation sites (tertiary alicyclic amines) is 1. The molecule has 0 radical (unpaired) electrons. The molecule has 0 aromatic heterocycles. The van der Waals surface area contributed by atoms with Crippen molar-refractivity contribution in [3.63, 3.8) is 0 Å². The van der Waals surface area contributed by atoms with Crippen LogP contribution in [0.3, 0.4) is 0 Å². The van der Waals surface area contributed by atoms with Crippen LogP contribution in [0.1, 0.15) is 19.8 Å². The first-order valence-corrected chi connectivity index (χ1v) is 19.2. The molecule has 1 fully saturated rings. The van der Waals surface area contributed by atoms with Crippen molar-refractivity contribution in [1.29, 1.82) is 0 Å². The third-order valence-corrected chi connectivity index (χ3v) is 7.96. The van der Waals surface area contributed by atoms with Gasteiger partial charge in [-0.1, -0.05) is 6.92 Å². The SMILES string of the molecule is CCSC1CC(=O)N(CCC(=O)NCCOCCOCCOCCOCCOCCOCCOCCOCCOCCOCCOCCOC)C1=O. The molecule has 1 unspecified atom stereocenters. The van der Waals surface area contributed by atoms with Gasteiger partial charge in [0.2, 0.25) is 17.7 Å². The molecule has 0 aliphatic carbocycles. The molecule has 17 nitrogen and oxygen atoms in total. The van der Waals surface area contributed by atoms with Crippen LogP contribution in [0.2, 0.25) is 0 Å². The van der Waals surface area contributed by atoms with Gasteiger partial charge in [-0.2, -0.15) is 0 Å². The van der Waals surface area contributed by atoms with E-state index in [-0.39, 0.29) is 42.4 Å². The Balaban J connectivity index is 1.68. The number of carbonyl (C=O) groups is 3. The van der Waals surface area contributed by atoms with E-state index >= 15 is 0 Å². The van der Waals surface area contributed by atoms with Crippen LogP contribution < -0.4 is 5.32 Å². The van der Waals surface area contributed by atoms with Gasteiger partial charge in [0.15, 0.2) is 0 Å². The highest BCUT2D eigenvalue weighted by Crippen LogP contribution is 2.24. The normalized spacial score (nSPS) is 14.6. The smallest absolute Gasteiger partial charge is 0.242 e. The number of imide groups is 1. The second-order valence-corrected chi connectivity index (χ2v) is 12.3. The molecule has 18 heteroatoms. The molecule has 1 atom stereocenters. The fourth-order valence-corrected chi connectivity index (χ4v) is 5.16. The number of nitrogens with zero attached hydrogens (tertiary/aromatic N) is 1. The number of nitrogens with one attached hydrogen (secondary N) is 1. The highest BCUT2D eigenvalue weighted by Gasteiger charge is 2.38. The van der Waals surface area contributed by atoms with Gasteiger partial charge < -0.3 is 62.2 Å². The van der Waals surface area contributed by atoms with Crippen molar-refractivity contribution in [2.75, 3.05) is 178 Å². The summed E-state index contributed by atoms with van der Waals surface area (Å²) >= 11 is 1.46. The van der Waals surface area contributed by atoms with Gasteiger partial charge in [-0.3, -0.25) is 19.3 Å². The number of hydrogen-bond donors (Lipinski definition) is 1. The fraction of sp³-hybridized carbons (Fsp3) is 0.912. The molecule has 0 bridgehead atoms. The summed E-state index contributed by atoms with van der Waals surface area (Å²) in [7, 11) is 1.64. The molecule has 0 spiro atoms. The molecular formula is C34H64N2O15S. The fourth-order valence-electron chi connectivity index (χ4n) is 4.23. The van der Waals surface area contributed by atoms with Crippen molar-refractivity contribution in [3.05, 3.63) is 0 Å². The Morgan fingerprint density at radius 1 is 0.577 bits per heavy atom. The van der Waals surface area contributed by atoms with E-state index in [9.17, 15) is 14.4 Å². The Bertz CT molecular complexity index is 849.